The quantitative estimate of drug-likeness (QED) is 0.919. The minimum atomic E-state index is 0.430. The molecule has 1 saturated carbocycles. The largest absolute Gasteiger partial charge is 0.309 e. The van der Waals surface area contributed by atoms with E-state index in [9.17, 15) is 0 Å². The van der Waals surface area contributed by atoms with E-state index in [1.807, 2.05) is 17.9 Å². The Kier molecular flexibility index (Phi) is 4.84. The van der Waals surface area contributed by atoms with Crippen LogP contribution in [0, 0.1) is 11.8 Å². The van der Waals surface area contributed by atoms with Gasteiger partial charge in [-0.3, -0.25) is 4.68 Å². The van der Waals surface area contributed by atoms with Crippen LogP contribution in [0.5, 0.6) is 0 Å². The fourth-order valence-electron chi connectivity index (χ4n) is 3.26. The van der Waals surface area contributed by atoms with Crippen molar-refractivity contribution in [3.63, 3.8) is 0 Å². The summed E-state index contributed by atoms with van der Waals surface area (Å²) >= 11 is 3.65. The number of rotatable bonds is 4. The SMILES string of the molecule is CCNC(c1c(Br)cnn1C)C1CCCC(C)C1. The van der Waals surface area contributed by atoms with Gasteiger partial charge in [0, 0.05) is 7.05 Å². The number of nitrogens with one attached hydrogen (secondary N) is 1. The molecule has 3 nitrogen and oxygen atoms in total. The van der Waals surface area contributed by atoms with Crippen LogP contribution in [-0.4, -0.2) is 16.3 Å². The van der Waals surface area contributed by atoms with Gasteiger partial charge in [-0.2, -0.15) is 5.10 Å². The van der Waals surface area contributed by atoms with Gasteiger partial charge < -0.3 is 5.32 Å². The second-order valence-electron chi connectivity index (χ2n) is 5.57. The van der Waals surface area contributed by atoms with E-state index in [4.69, 9.17) is 0 Å². The Labute approximate surface area is 118 Å². The molecule has 0 aromatic carbocycles. The normalized spacial score (nSPS) is 26.2. The molecule has 1 fully saturated rings. The molecule has 0 bridgehead atoms. The standard InChI is InChI=1S/C14H24BrN3/c1-4-16-13(11-7-5-6-10(2)8-11)14-12(15)9-17-18(14)3/h9-11,13,16H,4-8H2,1-3H3. The molecule has 0 radical (unpaired) electrons. The van der Waals surface area contributed by atoms with Crippen LogP contribution in [0.15, 0.2) is 10.7 Å². The second kappa shape index (κ2) is 6.20. The molecule has 0 aliphatic heterocycles. The van der Waals surface area contributed by atoms with Gasteiger partial charge in [0.2, 0.25) is 0 Å². The zero-order valence-corrected chi connectivity index (χ0v) is 13.2. The fraction of sp³-hybridized carbons (Fsp3) is 0.786. The van der Waals surface area contributed by atoms with Crippen LogP contribution < -0.4 is 5.32 Å². The lowest BCUT2D eigenvalue weighted by Crippen LogP contribution is -2.32. The van der Waals surface area contributed by atoms with Gasteiger partial charge in [-0.1, -0.05) is 26.7 Å². The highest BCUT2D eigenvalue weighted by atomic mass is 79.9. The Hall–Kier alpha value is -0.350. The third-order valence-corrected chi connectivity index (χ3v) is 4.72. The highest BCUT2D eigenvalue weighted by Crippen LogP contribution is 2.38. The Bertz CT molecular complexity index is 369. The molecule has 4 heteroatoms. The molecule has 0 amide bonds. The predicted octanol–water partition coefficient (Wildman–Crippen LogP) is 3.66. The van der Waals surface area contributed by atoms with Crippen LogP contribution in [0.4, 0.5) is 0 Å². The van der Waals surface area contributed by atoms with Gasteiger partial charge in [-0.25, -0.2) is 0 Å². The lowest BCUT2D eigenvalue weighted by molar-refractivity contribution is 0.219. The van der Waals surface area contributed by atoms with Gasteiger partial charge in [0.05, 0.1) is 22.4 Å². The molecule has 1 aromatic rings. The molecule has 18 heavy (non-hydrogen) atoms. The van der Waals surface area contributed by atoms with E-state index in [1.165, 1.54) is 31.4 Å². The van der Waals surface area contributed by atoms with Gasteiger partial charge in [-0.15, -0.1) is 0 Å². The van der Waals surface area contributed by atoms with Crippen LogP contribution in [0.1, 0.15) is 51.3 Å². The van der Waals surface area contributed by atoms with Gasteiger partial charge >= 0.3 is 0 Å². The zero-order chi connectivity index (χ0) is 13.1. The Morgan fingerprint density at radius 3 is 2.89 bits per heavy atom. The van der Waals surface area contributed by atoms with Crippen molar-refractivity contribution >= 4 is 15.9 Å². The van der Waals surface area contributed by atoms with Crippen molar-refractivity contribution in [2.45, 2.75) is 45.6 Å². The van der Waals surface area contributed by atoms with E-state index >= 15 is 0 Å². The van der Waals surface area contributed by atoms with E-state index < -0.39 is 0 Å². The molecule has 1 aromatic heterocycles. The summed E-state index contributed by atoms with van der Waals surface area (Å²) in [5.41, 5.74) is 1.30. The molecule has 1 aliphatic rings. The third-order valence-electron chi connectivity index (χ3n) is 4.10. The maximum Gasteiger partial charge on any atom is 0.0695 e. The van der Waals surface area contributed by atoms with Crippen molar-refractivity contribution in [3.05, 3.63) is 16.4 Å². The number of hydrogen-bond donors (Lipinski definition) is 1. The average molecular weight is 314 g/mol. The number of aryl methyl sites for hydroxylation is 1. The van der Waals surface area contributed by atoms with Crippen molar-refractivity contribution < 1.29 is 0 Å². The molecule has 3 atom stereocenters. The summed E-state index contributed by atoms with van der Waals surface area (Å²) in [6.07, 6.45) is 7.33. The monoisotopic (exact) mass is 313 g/mol. The first kappa shape index (κ1) is 14.1. The molecule has 0 spiro atoms. The Morgan fingerprint density at radius 2 is 2.33 bits per heavy atom. The number of aromatic nitrogens is 2. The molecule has 2 rings (SSSR count). The maximum atomic E-state index is 4.36. The molecular formula is C14H24BrN3. The molecule has 0 saturated heterocycles. The summed E-state index contributed by atoms with van der Waals surface area (Å²) in [5, 5.41) is 8.03. The highest BCUT2D eigenvalue weighted by Gasteiger charge is 2.30. The lowest BCUT2D eigenvalue weighted by atomic mass is 9.77. The van der Waals surface area contributed by atoms with Crippen LogP contribution in [-0.2, 0) is 7.05 Å². The molecular weight excluding hydrogens is 290 g/mol. The van der Waals surface area contributed by atoms with Crippen LogP contribution >= 0.6 is 15.9 Å². The van der Waals surface area contributed by atoms with E-state index in [0.29, 0.717) is 6.04 Å². The summed E-state index contributed by atoms with van der Waals surface area (Å²) in [6.45, 7) is 5.57. The molecule has 3 unspecified atom stereocenters. The van der Waals surface area contributed by atoms with Gasteiger partial charge in [0.25, 0.3) is 0 Å². The van der Waals surface area contributed by atoms with Crippen molar-refractivity contribution in [1.82, 2.24) is 15.1 Å². The Morgan fingerprint density at radius 1 is 1.56 bits per heavy atom. The highest BCUT2D eigenvalue weighted by molar-refractivity contribution is 9.10. The molecule has 1 heterocycles. The van der Waals surface area contributed by atoms with Crippen LogP contribution in [0.25, 0.3) is 0 Å². The summed E-state index contributed by atoms with van der Waals surface area (Å²) < 4.78 is 3.14. The summed E-state index contributed by atoms with van der Waals surface area (Å²) in [6, 6.07) is 0.430. The van der Waals surface area contributed by atoms with E-state index in [-0.39, 0.29) is 0 Å². The first-order chi connectivity index (χ1) is 8.63. The summed E-state index contributed by atoms with van der Waals surface area (Å²) in [7, 11) is 2.04. The van der Waals surface area contributed by atoms with Gasteiger partial charge in [0.15, 0.2) is 0 Å². The van der Waals surface area contributed by atoms with E-state index in [1.54, 1.807) is 0 Å². The van der Waals surface area contributed by atoms with Crippen molar-refractivity contribution in [2.24, 2.45) is 18.9 Å². The second-order valence-corrected chi connectivity index (χ2v) is 6.42. The summed E-state index contributed by atoms with van der Waals surface area (Å²) in [5.74, 6) is 1.59. The zero-order valence-electron chi connectivity index (χ0n) is 11.6. The number of halogens is 1. The maximum absolute atomic E-state index is 4.36. The first-order valence-electron chi connectivity index (χ1n) is 7.04. The van der Waals surface area contributed by atoms with Crippen molar-refractivity contribution in [1.29, 1.82) is 0 Å². The molecule has 102 valence electrons. The smallest absolute Gasteiger partial charge is 0.0695 e. The molecule has 1 aliphatic carbocycles. The fourth-order valence-corrected chi connectivity index (χ4v) is 3.86. The minimum absolute atomic E-state index is 0.430. The van der Waals surface area contributed by atoms with Crippen molar-refractivity contribution in [3.8, 4) is 0 Å². The first-order valence-corrected chi connectivity index (χ1v) is 7.83. The van der Waals surface area contributed by atoms with Gasteiger partial charge in [0.1, 0.15) is 0 Å². The predicted molar refractivity (Wildman–Crippen MR) is 78.4 cm³/mol. The Balaban J connectivity index is 2.22. The van der Waals surface area contributed by atoms with E-state index in [0.717, 1.165) is 22.9 Å². The molecule has 1 N–H and O–H groups in total. The number of hydrogen-bond acceptors (Lipinski definition) is 2. The average Bonchev–Trinajstić information content (AvgIpc) is 2.67. The van der Waals surface area contributed by atoms with Crippen LogP contribution in [0.2, 0.25) is 0 Å². The van der Waals surface area contributed by atoms with Gasteiger partial charge in [-0.05, 0) is 47.2 Å². The third kappa shape index (κ3) is 2.97. The summed E-state index contributed by atoms with van der Waals surface area (Å²) in [4.78, 5) is 0. The van der Waals surface area contributed by atoms with E-state index in [2.05, 4.69) is 40.2 Å². The minimum Gasteiger partial charge on any atom is -0.309 e. The number of nitrogens with zero attached hydrogens (tertiary/aromatic N) is 2. The van der Waals surface area contributed by atoms with Crippen LogP contribution in [0.3, 0.4) is 0 Å². The lowest BCUT2D eigenvalue weighted by Gasteiger charge is -2.34. The topological polar surface area (TPSA) is 29.9 Å². The van der Waals surface area contributed by atoms with Crippen molar-refractivity contribution in [2.75, 3.05) is 6.54 Å².